The molecule has 2 atom stereocenters. The third-order valence-electron chi connectivity index (χ3n) is 4.18. The van der Waals surface area contributed by atoms with Gasteiger partial charge in [0.1, 0.15) is 0 Å². The maximum absolute atomic E-state index is 10.5. The van der Waals surface area contributed by atoms with Crippen molar-refractivity contribution >= 4 is 11.5 Å². The van der Waals surface area contributed by atoms with Gasteiger partial charge in [-0.1, -0.05) is 19.3 Å². The first-order valence-corrected chi connectivity index (χ1v) is 7.38. The van der Waals surface area contributed by atoms with E-state index < -0.39 is 12.1 Å². The molecule has 21 heavy (non-hydrogen) atoms. The third kappa shape index (κ3) is 2.96. The van der Waals surface area contributed by atoms with E-state index in [0.29, 0.717) is 11.5 Å². The van der Waals surface area contributed by atoms with Gasteiger partial charge in [-0.25, -0.2) is 4.98 Å². The molecule has 8 heteroatoms. The van der Waals surface area contributed by atoms with Crippen LogP contribution in [-0.2, 0) is 0 Å². The second-order valence-electron chi connectivity index (χ2n) is 5.54. The highest BCUT2D eigenvalue weighted by molar-refractivity contribution is 5.61. The number of nitrogens with zero attached hydrogens (tertiary/aromatic N) is 5. The molecule has 0 aliphatic heterocycles. The zero-order chi connectivity index (χ0) is 14.7. The van der Waals surface area contributed by atoms with E-state index in [2.05, 4.69) is 25.8 Å². The lowest BCUT2D eigenvalue weighted by Gasteiger charge is -2.32. The Morgan fingerprint density at radius 3 is 2.90 bits per heavy atom. The molecular weight excluding hydrogens is 272 g/mol. The Labute approximate surface area is 122 Å². The van der Waals surface area contributed by atoms with Crippen LogP contribution in [0.1, 0.15) is 32.1 Å². The minimum atomic E-state index is -0.603. The van der Waals surface area contributed by atoms with Gasteiger partial charge < -0.3 is 15.5 Å². The number of nitrogens with one attached hydrogen (secondary N) is 1. The Kier molecular flexibility index (Phi) is 4.26. The Hall–Kier alpha value is -1.80. The number of hydrogen-bond acceptors (Lipinski definition) is 7. The maximum Gasteiger partial charge on any atom is 0.221 e. The molecule has 1 saturated carbocycles. The smallest absolute Gasteiger partial charge is 0.221 e. The van der Waals surface area contributed by atoms with E-state index >= 15 is 0 Å². The number of hydrogen-bond donors (Lipinski definition) is 3. The summed E-state index contributed by atoms with van der Waals surface area (Å²) in [6.07, 6.45) is 8.14. The monoisotopic (exact) mass is 292 g/mol. The summed E-state index contributed by atoms with van der Waals surface area (Å²) in [7, 11) is 0. The zero-order valence-electron chi connectivity index (χ0n) is 11.8. The van der Waals surface area contributed by atoms with Gasteiger partial charge in [0.2, 0.25) is 5.65 Å². The largest absolute Gasteiger partial charge is 0.394 e. The van der Waals surface area contributed by atoms with Crippen molar-refractivity contribution in [1.29, 1.82) is 0 Å². The highest BCUT2D eigenvalue weighted by Crippen LogP contribution is 2.28. The molecule has 1 aliphatic carbocycles. The molecule has 2 aromatic rings. The Bertz CT molecular complexity index is 583. The van der Waals surface area contributed by atoms with Crippen LogP contribution in [0.15, 0.2) is 12.4 Å². The number of fused-ring (bicyclic) bond motifs is 1. The second-order valence-corrected chi connectivity index (χ2v) is 5.54. The molecule has 0 bridgehead atoms. The van der Waals surface area contributed by atoms with Crippen molar-refractivity contribution in [3.05, 3.63) is 12.4 Å². The van der Waals surface area contributed by atoms with Gasteiger partial charge in [0, 0.05) is 6.20 Å². The summed E-state index contributed by atoms with van der Waals surface area (Å²) in [6, 6.07) is -0.469. The molecule has 0 radical (unpaired) electrons. The molecule has 0 amide bonds. The molecule has 0 aromatic carbocycles. The first kappa shape index (κ1) is 14.2. The average Bonchev–Trinajstić information content (AvgIpc) is 3.02. The van der Waals surface area contributed by atoms with Gasteiger partial charge in [0.15, 0.2) is 5.82 Å². The summed E-state index contributed by atoms with van der Waals surface area (Å²) >= 11 is 0. The molecule has 3 N–H and O–H groups in total. The van der Waals surface area contributed by atoms with Gasteiger partial charge in [0.25, 0.3) is 0 Å². The second kappa shape index (κ2) is 6.31. The molecule has 1 fully saturated rings. The molecule has 0 spiro atoms. The van der Waals surface area contributed by atoms with Crippen LogP contribution in [0.5, 0.6) is 0 Å². The van der Waals surface area contributed by atoms with Crippen LogP contribution in [0, 0.1) is 5.92 Å². The average molecular weight is 292 g/mol. The fourth-order valence-electron chi connectivity index (χ4n) is 3.00. The van der Waals surface area contributed by atoms with Gasteiger partial charge in [-0.05, 0) is 29.2 Å². The van der Waals surface area contributed by atoms with E-state index in [0.717, 1.165) is 25.7 Å². The number of rotatable bonds is 5. The number of tetrazole rings is 1. The molecule has 114 valence electrons. The molecule has 8 nitrogen and oxygen atoms in total. The lowest BCUT2D eigenvalue weighted by molar-refractivity contribution is 0.0493. The Balaban J connectivity index is 1.75. The van der Waals surface area contributed by atoms with Crippen LogP contribution in [0.4, 0.5) is 5.82 Å². The first-order chi connectivity index (χ1) is 10.3. The lowest BCUT2D eigenvalue weighted by Crippen LogP contribution is -2.42. The Morgan fingerprint density at radius 2 is 2.14 bits per heavy atom. The van der Waals surface area contributed by atoms with E-state index in [1.54, 1.807) is 12.4 Å². The summed E-state index contributed by atoms with van der Waals surface area (Å²) < 4.78 is 1.50. The summed E-state index contributed by atoms with van der Waals surface area (Å²) in [5.74, 6) is 0.690. The molecule has 3 rings (SSSR count). The van der Waals surface area contributed by atoms with Gasteiger partial charge in [-0.3, -0.25) is 0 Å². The van der Waals surface area contributed by atoms with Gasteiger partial charge >= 0.3 is 0 Å². The van der Waals surface area contributed by atoms with E-state index in [4.69, 9.17) is 0 Å². The highest BCUT2D eigenvalue weighted by Gasteiger charge is 2.29. The van der Waals surface area contributed by atoms with Crippen molar-refractivity contribution in [2.24, 2.45) is 5.92 Å². The van der Waals surface area contributed by atoms with Crippen LogP contribution < -0.4 is 5.32 Å². The normalized spacial score (nSPS) is 19.5. The van der Waals surface area contributed by atoms with Crippen LogP contribution in [0.3, 0.4) is 0 Å². The molecule has 2 heterocycles. The number of anilines is 1. The summed E-state index contributed by atoms with van der Waals surface area (Å²) in [5, 5.41) is 34.5. The minimum Gasteiger partial charge on any atom is -0.394 e. The third-order valence-corrected chi connectivity index (χ3v) is 4.18. The predicted molar refractivity (Wildman–Crippen MR) is 75.7 cm³/mol. The highest BCUT2D eigenvalue weighted by atomic mass is 16.3. The topological polar surface area (TPSA) is 108 Å². The van der Waals surface area contributed by atoms with E-state index in [-0.39, 0.29) is 12.5 Å². The zero-order valence-corrected chi connectivity index (χ0v) is 11.8. The lowest BCUT2D eigenvalue weighted by atomic mass is 9.83. The molecule has 2 unspecified atom stereocenters. The van der Waals surface area contributed by atoms with Crippen molar-refractivity contribution in [3.63, 3.8) is 0 Å². The van der Waals surface area contributed by atoms with Gasteiger partial charge in [-0.2, -0.15) is 4.52 Å². The number of aliphatic hydroxyl groups excluding tert-OH is 2. The Morgan fingerprint density at radius 1 is 1.33 bits per heavy atom. The molecular formula is C13H20N6O2. The van der Waals surface area contributed by atoms with Crippen LogP contribution >= 0.6 is 0 Å². The summed E-state index contributed by atoms with van der Waals surface area (Å²) in [4.78, 5) is 4.20. The predicted octanol–water partition coefficient (Wildman–Crippen LogP) is 0.233. The molecule has 2 aromatic heterocycles. The molecule has 1 aliphatic rings. The fourth-order valence-corrected chi connectivity index (χ4v) is 3.00. The summed E-state index contributed by atoms with van der Waals surface area (Å²) in [5.41, 5.74) is 0.479. The molecule has 0 saturated heterocycles. The standard InChI is InChI=1S/C13H20N6O2/c20-8-10(11(21)9-4-2-1-3-5-9)15-12-13-16-17-18-19(13)7-6-14-12/h6-7,9-11,20-21H,1-5,8H2,(H,14,15). The number of aromatic nitrogens is 5. The van der Waals surface area contributed by atoms with Gasteiger partial charge in [-0.15, -0.1) is 5.10 Å². The fraction of sp³-hybridized carbons (Fsp3) is 0.692. The first-order valence-electron chi connectivity index (χ1n) is 7.38. The number of aliphatic hydroxyl groups is 2. The van der Waals surface area contributed by atoms with Crippen LogP contribution in [-0.4, -0.2) is 54.0 Å². The van der Waals surface area contributed by atoms with Crippen molar-refractivity contribution in [1.82, 2.24) is 25.0 Å². The quantitative estimate of drug-likeness (QED) is 0.724. The van der Waals surface area contributed by atoms with E-state index in [1.807, 2.05) is 0 Å². The van der Waals surface area contributed by atoms with Crippen molar-refractivity contribution in [3.8, 4) is 0 Å². The van der Waals surface area contributed by atoms with Crippen molar-refractivity contribution in [2.45, 2.75) is 44.2 Å². The van der Waals surface area contributed by atoms with Crippen molar-refractivity contribution < 1.29 is 10.2 Å². The summed E-state index contributed by atoms with van der Waals surface area (Å²) in [6.45, 7) is -0.165. The van der Waals surface area contributed by atoms with Crippen molar-refractivity contribution in [2.75, 3.05) is 11.9 Å². The van der Waals surface area contributed by atoms with Gasteiger partial charge in [0.05, 0.1) is 24.9 Å². The van der Waals surface area contributed by atoms with Crippen LogP contribution in [0.25, 0.3) is 5.65 Å². The maximum atomic E-state index is 10.5. The van der Waals surface area contributed by atoms with E-state index in [1.165, 1.54) is 10.9 Å². The van der Waals surface area contributed by atoms with E-state index in [9.17, 15) is 10.2 Å². The minimum absolute atomic E-state index is 0.165. The SMILES string of the molecule is OCC(Nc1nccn2nnnc12)C(O)C1CCCCC1. The van der Waals surface area contributed by atoms with Crippen LogP contribution in [0.2, 0.25) is 0 Å².